The number of amides is 4. The molecule has 6 rings (SSSR count). The van der Waals surface area contributed by atoms with Crippen molar-refractivity contribution in [3.05, 3.63) is 100 Å². The van der Waals surface area contributed by atoms with Crippen LogP contribution in [0.15, 0.2) is 77.6 Å². The maximum absolute atomic E-state index is 13.5. The Morgan fingerprint density at radius 2 is 1.76 bits per heavy atom. The predicted octanol–water partition coefficient (Wildman–Crippen LogP) is 5.16. The number of benzene rings is 3. The molecule has 12 nitrogen and oxygen atoms in total. The molecule has 266 valence electrons. The van der Waals surface area contributed by atoms with Crippen LogP contribution in [0.25, 0.3) is 0 Å². The number of fused-ring (bicyclic) bond motifs is 1. The van der Waals surface area contributed by atoms with Crippen LogP contribution in [-0.2, 0) is 22.6 Å². The number of ether oxygens (including phenoxy) is 2. The fourth-order valence-electron chi connectivity index (χ4n) is 5.69. The van der Waals surface area contributed by atoms with E-state index in [1.165, 1.54) is 11.3 Å². The first-order valence-corrected chi connectivity index (χ1v) is 18.2. The van der Waals surface area contributed by atoms with E-state index in [0.29, 0.717) is 54.4 Å². The van der Waals surface area contributed by atoms with Gasteiger partial charge in [-0.05, 0) is 85.8 Å². The Morgan fingerprint density at radius 1 is 1.00 bits per heavy atom. The van der Waals surface area contributed by atoms with E-state index in [-0.39, 0.29) is 36.3 Å². The fourth-order valence-corrected chi connectivity index (χ4v) is 6.26. The molecular weight excluding hydrogens is 669 g/mol. The van der Waals surface area contributed by atoms with Crippen LogP contribution in [0, 0.1) is 0 Å². The van der Waals surface area contributed by atoms with Gasteiger partial charge in [-0.15, -0.1) is 11.3 Å². The summed E-state index contributed by atoms with van der Waals surface area (Å²) >= 11 is 1.49. The number of aromatic nitrogens is 1. The molecule has 4 amide bonds. The first-order valence-electron chi connectivity index (χ1n) is 17.2. The number of anilines is 2. The van der Waals surface area contributed by atoms with Gasteiger partial charge in [-0.3, -0.25) is 19.2 Å². The quantitative estimate of drug-likeness (QED) is 0.109. The van der Waals surface area contributed by atoms with Crippen LogP contribution in [-0.4, -0.2) is 65.4 Å². The first kappa shape index (κ1) is 35.6. The smallest absolute Gasteiger partial charge is 0.262 e. The minimum atomic E-state index is -0.585. The maximum Gasteiger partial charge on any atom is 0.262 e. The van der Waals surface area contributed by atoms with Crippen LogP contribution in [0.2, 0.25) is 0 Å². The zero-order valence-corrected chi connectivity index (χ0v) is 29.1. The van der Waals surface area contributed by atoms with Crippen LogP contribution in [0.1, 0.15) is 70.5 Å². The molecule has 0 spiro atoms. The van der Waals surface area contributed by atoms with E-state index in [9.17, 15) is 19.2 Å². The Kier molecular flexibility index (Phi) is 11.9. The number of hydrogen-bond donors (Lipinski definition) is 4. The van der Waals surface area contributed by atoms with E-state index in [1.54, 1.807) is 35.8 Å². The number of unbranched alkanes of at least 4 members (excludes halogenated alkanes) is 3. The Labute approximate surface area is 300 Å². The van der Waals surface area contributed by atoms with Crippen molar-refractivity contribution in [2.45, 2.75) is 63.6 Å². The van der Waals surface area contributed by atoms with Gasteiger partial charge in [0.2, 0.25) is 5.91 Å². The van der Waals surface area contributed by atoms with E-state index in [0.717, 1.165) is 55.5 Å². The number of nitrogens with one attached hydrogen (secondary N) is 3. The summed E-state index contributed by atoms with van der Waals surface area (Å²) in [6.45, 7) is 1.52. The lowest BCUT2D eigenvalue weighted by molar-refractivity contribution is -0.122. The first-order chi connectivity index (χ1) is 24.8. The number of carbonyl (C=O) groups is 4. The van der Waals surface area contributed by atoms with Gasteiger partial charge in [-0.2, -0.15) is 0 Å². The molecule has 2 aliphatic rings. The highest BCUT2D eigenvalue weighted by atomic mass is 32.1. The monoisotopic (exact) mass is 710 g/mol. The van der Waals surface area contributed by atoms with Crippen LogP contribution >= 0.6 is 11.3 Å². The third-order valence-electron chi connectivity index (χ3n) is 8.68. The van der Waals surface area contributed by atoms with Crippen LogP contribution < -0.4 is 31.2 Å². The van der Waals surface area contributed by atoms with Crippen molar-refractivity contribution in [1.82, 2.24) is 15.2 Å². The van der Waals surface area contributed by atoms with Gasteiger partial charge in [0.05, 0.1) is 29.5 Å². The molecule has 5 N–H and O–H groups in total. The Balaban J connectivity index is 0.887. The molecule has 13 heteroatoms. The van der Waals surface area contributed by atoms with Gasteiger partial charge in [0, 0.05) is 47.7 Å². The Hall–Kier alpha value is -5.27. The standard InChI is InChI=1S/C38H42N6O6S/c39-32(20-29-23-51-24-41-29)37(47)40-17-3-1-2-4-18-49-31-14-10-28(11-15-31)42-36(46)26-7-5-25(6-8-26)21-44(30-12-13-30)38(48)27-9-16-33-34(19-27)50-22-35(45)43-33/h5-11,14-16,19,23-24,30,32H,1-4,12-13,17-18,20-22,39H2,(H,40,47)(H,42,46)(H,43,45)/t32-/m0/s1. The summed E-state index contributed by atoms with van der Waals surface area (Å²) < 4.78 is 11.4. The minimum Gasteiger partial charge on any atom is -0.494 e. The molecule has 1 fully saturated rings. The van der Waals surface area contributed by atoms with Crippen LogP contribution in [0.3, 0.4) is 0 Å². The third kappa shape index (κ3) is 10.1. The molecule has 1 aromatic heterocycles. The molecule has 1 aliphatic carbocycles. The van der Waals surface area contributed by atoms with Gasteiger partial charge in [-0.1, -0.05) is 25.0 Å². The van der Waals surface area contributed by atoms with Gasteiger partial charge in [0.1, 0.15) is 11.5 Å². The largest absolute Gasteiger partial charge is 0.494 e. The molecule has 1 aliphatic heterocycles. The summed E-state index contributed by atoms with van der Waals surface area (Å²) in [5.41, 5.74) is 11.7. The molecule has 1 atom stereocenters. The fraction of sp³-hybridized carbons (Fsp3) is 0.342. The maximum atomic E-state index is 13.5. The van der Waals surface area contributed by atoms with Crippen LogP contribution in [0.5, 0.6) is 11.5 Å². The third-order valence-corrected chi connectivity index (χ3v) is 9.31. The molecular formula is C38H42N6O6S. The molecule has 0 bridgehead atoms. The van der Waals surface area contributed by atoms with Crippen LogP contribution in [0.4, 0.5) is 11.4 Å². The zero-order valence-electron chi connectivity index (χ0n) is 28.3. The summed E-state index contributed by atoms with van der Waals surface area (Å²) in [5.74, 6) is 0.512. The summed E-state index contributed by atoms with van der Waals surface area (Å²) in [4.78, 5) is 56.2. The number of thiazole rings is 1. The summed E-state index contributed by atoms with van der Waals surface area (Å²) in [7, 11) is 0. The normalized spacial score (nSPS) is 14.0. The summed E-state index contributed by atoms with van der Waals surface area (Å²) in [6, 6.07) is 19.2. The molecule has 4 aromatic rings. The highest BCUT2D eigenvalue weighted by Crippen LogP contribution is 2.33. The average molecular weight is 711 g/mol. The van der Waals surface area contributed by atoms with Crippen molar-refractivity contribution < 1.29 is 28.7 Å². The highest BCUT2D eigenvalue weighted by Gasteiger charge is 2.33. The summed E-state index contributed by atoms with van der Waals surface area (Å²) in [6.07, 6.45) is 6.06. The number of carbonyl (C=O) groups excluding carboxylic acids is 4. The number of nitrogens with two attached hydrogens (primary N) is 1. The topological polar surface area (TPSA) is 165 Å². The molecule has 3 aromatic carbocycles. The van der Waals surface area contributed by atoms with E-state index in [4.69, 9.17) is 15.2 Å². The number of hydrogen-bond acceptors (Lipinski definition) is 9. The van der Waals surface area contributed by atoms with Crippen molar-refractivity contribution in [3.63, 3.8) is 0 Å². The lowest BCUT2D eigenvalue weighted by Crippen LogP contribution is -2.42. The van der Waals surface area contributed by atoms with Gasteiger partial charge in [0.15, 0.2) is 6.61 Å². The van der Waals surface area contributed by atoms with Gasteiger partial charge in [0.25, 0.3) is 17.7 Å². The van der Waals surface area contributed by atoms with Crippen molar-refractivity contribution in [1.29, 1.82) is 0 Å². The molecule has 51 heavy (non-hydrogen) atoms. The van der Waals surface area contributed by atoms with E-state index in [1.807, 2.05) is 46.7 Å². The van der Waals surface area contributed by atoms with Crippen molar-refractivity contribution in [2.75, 3.05) is 30.4 Å². The Morgan fingerprint density at radius 3 is 2.51 bits per heavy atom. The highest BCUT2D eigenvalue weighted by molar-refractivity contribution is 7.07. The van der Waals surface area contributed by atoms with E-state index >= 15 is 0 Å². The van der Waals surface area contributed by atoms with Gasteiger partial charge < -0.3 is 36.1 Å². The van der Waals surface area contributed by atoms with Crippen molar-refractivity contribution in [2.24, 2.45) is 5.73 Å². The molecule has 0 radical (unpaired) electrons. The number of nitrogens with zero attached hydrogens (tertiary/aromatic N) is 2. The molecule has 0 unspecified atom stereocenters. The molecule has 1 saturated carbocycles. The van der Waals surface area contributed by atoms with Gasteiger partial charge in [-0.25, -0.2) is 4.98 Å². The van der Waals surface area contributed by atoms with Crippen molar-refractivity contribution >= 4 is 46.3 Å². The SMILES string of the molecule is N[C@@H](Cc1cscn1)C(=O)NCCCCCCOc1ccc(NC(=O)c2ccc(CN(C(=O)c3ccc4c(c3)OCC(=O)N4)C3CC3)cc2)cc1. The summed E-state index contributed by atoms with van der Waals surface area (Å²) in [5, 5.41) is 10.5. The molecule has 2 heterocycles. The second-order valence-electron chi connectivity index (χ2n) is 12.7. The number of rotatable bonds is 17. The van der Waals surface area contributed by atoms with Gasteiger partial charge >= 0.3 is 0 Å². The van der Waals surface area contributed by atoms with Crippen molar-refractivity contribution in [3.8, 4) is 11.5 Å². The molecule has 0 saturated heterocycles. The Bertz CT molecular complexity index is 1810. The van der Waals surface area contributed by atoms with E-state index in [2.05, 4.69) is 20.9 Å². The predicted molar refractivity (Wildman–Crippen MR) is 195 cm³/mol. The zero-order chi connectivity index (χ0) is 35.6. The average Bonchev–Trinajstić information content (AvgIpc) is 3.86. The lowest BCUT2D eigenvalue weighted by Gasteiger charge is -2.24. The lowest BCUT2D eigenvalue weighted by atomic mass is 10.1. The second-order valence-corrected chi connectivity index (χ2v) is 13.5. The second kappa shape index (κ2) is 17.1. The van der Waals surface area contributed by atoms with E-state index < -0.39 is 6.04 Å². The minimum absolute atomic E-state index is 0.0735.